The molecule has 0 spiro atoms. The Kier molecular flexibility index (Phi) is 6.23. The second kappa shape index (κ2) is 9.29. The molecule has 1 aliphatic heterocycles. The molecular formula is C26H26ClN3O2S. The number of piperazine rings is 1. The van der Waals surface area contributed by atoms with Gasteiger partial charge in [-0.2, -0.15) is 4.31 Å². The van der Waals surface area contributed by atoms with Crippen LogP contribution in [0.1, 0.15) is 24.0 Å². The zero-order valence-electron chi connectivity index (χ0n) is 18.3. The molecule has 33 heavy (non-hydrogen) atoms. The van der Waals surface area contributed by atoms with Crippen molar-refractivity contribution in [3.05, 3.63) is 83.1 Å². The molecule has 0 unspecified atom stereocenters. The molecule has 1 saturated carbocycles. The molecule has 5 nitrogen and oxygen atoms in total. The molecule has 2 heterocycles. The number of pyridine rings is 1. The van der Waals surface area contributed by atoms with E-state index in [1.807, 2.05) is 24.3 Å². The number of hydrogen-bond donors (Lipinski definition) is 0. The number of nitrogens with zero attached hydrogens (tertiary/aromatic N) is 3. The normalized spacial score (nSPS) is 17.5. The standard InChI is InChI=1S/C26H26ClN3O2S/c27-24-18-21(17-23(19-24)22-9-11-28-12-10-22)2-1-20-3-5-25(6-4-20)29-13-15-30(16-14-29)33(31,32)26-7-8-26/h1-6,9-12,17-19,26H,7-8,13-16H2/b2-1+. The summed E-state index contributed by atoms with van der Waals surface area (Å²) in [6, 6.07) is 18.3. The first kappa shape index (κ1) is 22.1. The molecule has 1 aromatic heterocycles. The van der Waals surface area contributed by atoms with E-state index in [0.29, 0.717) is 18.1 Å². The van der Waals surface area contributed by atoms with Crippen molar-refractivity contribution in [2.75, 3.05) is 31.1 Å². The van der Waals surface area contributed by atoms with E-state index < -0.39 is 10.0 Å². The van der Waals surface area contributed by atoms with E-state index in [0.717, 1.165) is 53.9 Å². The number of anilines is 1. The van der Waals surface area contributed by atoms with Gasteiger partial charge in [0, 0.05) is 49.3 Å². The number of sulfonamides is 1. The fraction of sp³-hybridized carbons (Fsp3) is 0.269. The second-order valence-corrected chi connectivity index (χ2v) is 11.2. The zero-order chi connectivity index (χ0) is 22.8. The molecule has 0 radical (unpaired) electrons. The second-order valence-electron chi connectivity index (χ2n) is 8.56. The largest absolute Gasteiger partial charge is 0.369 e. The first-order valence-electron chi connectivity index (χ1n) is 11.2. The van der Waals surface area contributed by atoms with Crippen LogP contribution in [0.4, 0.5) is 5.69 Å². The maximum absolute atomic E-state index is 12.4. The highest BCUT2D eigenvalue weighted by molar-refractivity contribution is 7.90. The average molecular weight is 480 g/mol. The van der Waals surface area contributed by atoms with E-state index in [-0.39, 0.29) is 5.25 Å². The molecule has 170 valence electrons. The van der Waals surface area contributed by atoms with Crippen molar-refractivity contribution in [2.45, 2.75) is 18.1 Å². The van der Waals surface area contributed by atoms with Crippen molar-refractivity contribution in [3.8, 4) is 11.1 Å². The molecule has 2 aliphatic rings. The van der Waals surface area contributed by atoms with Gasteiger partial charge in [0.05, 0.1) is 5.25 Å². The SMILES string of the molecule is O=S(=O)(C1CC1)N1CCN(c2ccc(/C=C/c3cc(Cl)cc(-c4ccncc4)c3)cc2)CC1. The fourth-order valence-corrected chi connectivity index (χ4v) is 6.26. The summed E-state index contributed by atoms with van der Waals surface area (Å²) in [5.74, 6) is 0. The molecule has 2 aromatic carbocycles. The third-order valence-electron chi connectivity index (χ3n) is 6.20. The smallest absolute Gasteiger partial charge is 0.217 e. The lowest BCUT2D eigenvalue weighted by Gasteiger charge is -2.35. The molecule has 0 bridgehead atoms. The first-order valence-corrected chi connectivity index (χ1v) is 13.1. The van der Waals surface area contributed by atoms with Gasteiger partial charge in [0.15, 0.2) is 0 Å². The minimum atomic E-state index is -3.07. The predicted molar refractivity (Wildman–Crippen MR) is 136 cm³/mol. The van der Waals surface area contributed by atoms with Gasteiger partial charge in [-0.25, -0.2) is 8.42 Å². The summed E-state index contributed by atoms with van der Waals surface area (Å²) >= 11 is 6.35. The van der Waals surface area contributed by atoms with Gasteiger partial charge in [-0.15, -0.1) is 0 Å². The lowest BCUT2D eigenvalue weighted by molar-refractivity contribution is 0.384. The van der Waals surface area contributed by atoms with Crippen LogP contribution in [-0.2, 0) is 10.0 Å². The Bertz CT molecular complexity index is 1250. The Morgan fingerprint density at radius 2 is 1.48 bits per heavy atom. The Morgan fingerprint density at radius 1 is 0.818 bits per heavy atom. The van der Waals surface area contributed by atoms with Crippen LogP contribution >= 0.6 is 11.6 Å². The first-order chi connectivity index (χ1) is 16.0. The van der Waals surface area contributed by atoms with Gasteiger partial charge in [-0.05, 0) is 77.6 Å². The lowest BCUT2D eigenvalue weighted by atomic mass is 10.0. The summed E-state index contributed by atoms with van der Waals surface area (Å²) in [6.07, 6.45) is 9.33. The monoisotopic (exact) mass is 479 g/mol. The highest BCUT2D eigenvalue weighted by Gasteiger charge is 2.40. The molecule has 0 atom stereocenters. The van der Waals surface area contributed by atoms with Crippen molar-refractivity contribution in [3.63, 3.8) is 0 Å². The minimum absolute atomic E-state index is 0.129. The summed E-state index contributed by atoms with van der Waals surface area (Å²) in [5, 5.41) is 0.567. The van der Waals surface area contributed by atoms with E-state index in [4.69, 9.17) is 11.6 Å². The molecule has 0 amide bonds. The van der Waals surface area contributed by atoms with E-state index in [1.165, 1.54) is 0 Å². The van der Waals surface area contributed by atoms with Crippen LogP contribution in [0.2, 0.25) is 5.02 Å². The van der Waals surface area contributed by atoms with E-state index >= 15 is 0 Å². The highest BCUT2D eigenvalue weighted by atomic mass is 35.5. The topological polar surface area (TPSA) is 53.5 Å². The molecule has 3 aromatic rings. The van der Waals surface area contributed by atoms with E-state index in [2.05, 4.69) is 52.4 Å². The Morgan fingerprint density at radius 3 is 2.15 bits per heavy atom. The van der Waals surface area contributed by atoms with Crippen LogP contribution in [0, 0.1) is 0 Å². The Labute approximate surface area is 200 Å². The van der Waals surface area contributed by atoms with Crippen molar-refractivity contribution in [2.24, 2.45) is 0 Å². The van der Waals surface area contributed by atoms with Crippen LogP contribution in [0.15, 0.2) is 67.0 Å². The maximum atomic E-state index is 12.4. The zero-order valence-corrected chi connectivity index (χ0v) is 19.8. The molecular weight excluding hydrogens is 454 g/mol. The van der Waals surface area contributed by atoms with Crippen LogP contribution in [0.5, 0.6) is 0 Å². The van der Waals surface area contributed by atoms with Gasteiger partial charge in [0.25, 0.3) is 0 Å². The summed E-state index contributed by atoms with van der Waals surface area (Å²) in [4.78, 5) is 6.33. The van der Waals surface area contributed by atoms with E-state index in [9.17, 15) is 8.42 Å². The number of halogens is 1. The van der Waals surface area contributed by atoms with Gasteiger partial charge >= 0.3 is 0 Å². The molecule has 5 rings (SSSR count). The van der Waals surface area contributed by atoms with Gasteiger partial charge in [-0.1, -0.05) is 35.9 Å². The van der Waals surface area contributed by atoms with Crippen LogP contribution in [0.3, 0.4) is 0 Å². The minimum Gasteiger partial charge on any atom is -0.369 e. The molecule has 2 fully saturated rings. The molecule has 1 aliphatic carbocycles. The average Bonchev–Trinajstić information content (AvgIpc) is 3.70. The number of aromatic nitrogens is 1. The van der Waals surface area contributed by atoms with Gasteiger partial charge in [0.1, 0.15) is 0 Å². The third kappa shape index (κ3) is 5.13. The summed E-state index contributed by atoms with van der Waals surface area (Å²) in [5.41, 5.74) is 5.39. The molecule has 7 heteroatoms. The van der Waals surface area contributed by atoms with Crippen molar-refractivity contribution in [1.29, 1.82) is 0 Å². The Balaban J connectivity index is 1.24. The van der Waals surface area contributed by atoms with Crippen molar-refractivity contribution < 1.29 is 8.42 Å². The number of rotatable bonds is 6. The third-order valence-corrected chi connectivity index (χ3v) is 8.82. The lowest BCUT2D eigenvalue weighted by Crippen LogP contribution is -2.49. The number of benzene rings is 2. The summed E-state index contributed by atoms with van der Waals surface area (Å²) in [6.45, 7) is 2.58. The van der Waals surface area contributed by atoms with Crippen LogP contribution in [-0.4, -0.2) is 49.1 Å². The molecule has 0 N–H and O–H groups in total. The fourth-order valence-electron chi connectivity index (χ4n) is 4.19. The van der Waals surface area contributed by atoms with Gasteiger partial charge in [0.2, 0.25) is 10.0 Å². The highest BCUT2D eigenvalue weighted by Crippen LogP contribution is 2.32. The summed E-state index contributed by atoms with van der Waals surface area (Å²) < 4.78 is 26.5. The number of hydrogen-bond acceptors (Lipinski definition) is 4. The van der Waals surface area contributed by atoms with Gasteiger partial charge < -0.3 is 4.90 Å². The summed E-state index contributed by atoms with van der Waals surface area (Å²) in [7, 11) is -3.07. The predicted octanol–water partition coefficient (Wildman–Crippen LogP) is 5.19. The van der Waals surface area contributed by atoms with Gasteiger partial charge in [-0.3, -0.25) is 4.98 Å². The maximum Gasteiger partial charge on any atom is 0.217 e. The molecule has 1 saturated heterocycles. The van der Waals surface area contributed by atoms with Crippen LogP contribution < -0.4 is 4.90 Å². The Hall–Kier alpha value is -2.67. The van der Waals surface area contributed by atoms with Crippen LogP contribution in [0.25, 0.3) is 23.3 Å². The van der Waals surface area contributed by atoms with Crippen molar-refractivity contribution in [1.82, 2.24) is 9.29 Å². The quantitative estimate of drug-likeness (QED) is 0.457. The van der Waals surface area contributed by atoms with E-state index in [1.54, 1.807) is 16.7 Å². The van der Waals surface area contributed by atoms with Crippen molar-refractivity contribution >= 4 is 39.5 Å².